The first-order chi connectivity index (χ1) is 30.7. The van der Waals surface area contributed by atoms with Gasteiger partial charge in [-0.05, 0) is 77.8 Å². The van der Waals surface area contributed by atoms with Gasteiger partial charge in [-0.25, -0.2) is 0 Å². The smallest absolute Gasteiger partial charge is 0.0645 e. The van der Waals surface area contributed by atoms with Crippen LogP contribution >= 0.6 is 0 Å². The maximum absolute atomic E-state index is 9.41. The molecule has 0 aliphatic rings. The molecule has 51 heavy (non-hydrogen) atoms. The SMILES string of the molecule is [2H]c1c([2H])c([2H])c(-c2ccc(-n3c4ccc5c(c6c([2H])c([2H])c([2H])c([2H])c6n5-c5ccc6c7ccccc7n(-c7ccccc7)c6c5)c4c4c([2H])c([2H])c([2H])c([2H])c43)cc2)c([2H])c1[2H]. The molecule has 3 nitrogen and oxygen atoms in total. The van der Waals surface area contributed by atoms with Gasteiger partial charge in [0.2, 0.25) is 0 Å². The Morgan fingerprint density at radius 3 is 1.55 bits per heavy atom. The Morgan fingerprint density at radius 1 is 0.314 bits per heavy atom. The summed E-state index contributed by atoms with van der Waals surface area (Å²) in [6.45, 7) is 0. The van der Waals surface area contributed by atoms with Crippen molar-refractivity contribution in [3.63, 3.8) is 0 Å². The van der Waals surface area contributed by atoms with Crippen LogP contribution in [0.25, 0.3) is 93.6 Å². The number of aromatic nitrogens is 3. The van der Waals surface area contributed by atoms with E-state index in [4.69, 9.17) is 12.3 Å². The Balaban J connectivity index is 1.27. The summed E-state index contributed by atoms with van der Waals surface area (Å²) in [6.07, 6.45) is 0. The van der Waals surface area contributed by atoms with E-state index in [-0.39, 0.29) is 63.6 Å². The molecule has 0 radical (unpaired) electrons. The number of fused-ring (bicyclic) bond motifs is 10. The van der Waals surface area contributed by atoms with Gasteiger partial charge in [-0.2, -0.15) is 0 Å². The van der Waals surface area contributed by atoms with Gasteiger partial charge in [0.15, 0.2) is 0 Å². The summed E-state index contributed by atoms with van der Waals surface area (Å²) in [7, 11) is 0. The van der Waals surface area contributed by atoms with Gasteiger partial charge in [-0.1, -0.05) is 121 Å². The average Bonchev–Trinajstić information content (AvgIpc) is 3.96. The highest BCUT2D eigenvalue weighted by Crippen LogP contribution is 2.43. The summed E-state index contributed by atoms with van der Waals surface area (Å²) in [4.78, 5) is 0. The molecule has 3 heterocycles. The molecule has 3 heteroatoms. The highest BCUT2D eigenvalue weighted by molar-refractivity contribution is 6.29. The summed E-state index contributed by atoms with van der Waals surface area (Å²) >= 11 is 0. The van der Waals surface area contributed by atoms with Gasteiger partial charge < -0.3 is 13.7 Å². The number of hydrogen-bond donors (Lipinski definition) is 0. The van der Waals surface area contributed by atoms with Crippen molar-refractivity contribution in [1.29, 1.82) is 0 Å². The van der Waals surface area contributed by atoms with Crippen molar-refractivity contribution >= 4 is 65.4 Å². The van der Waals surface area contributed by atoms with Crippen molar-refractivity contribution < 1.29 is 17.8 Å². The van der Waals surface area contributed by atoms with E-state index in [9.17, 15) is 5.48 Å². The van der Waals surface area contributed by atoms with Crippen molar-refractivity contribution in [2.45, 2.75) is 0 Å². The molecule has 11 rings (SSSR count). The van der Waals surface area contributed by atoms with Crippen LogP contribution in [0, 0.1) is 0 Å². The molecule has 0 fully saturated rings. The van der Waals surface area contributed by atoms with Gasteiger partial charge in [-0.3, -0.25) is 0 Å². The normalized spacial score (nSPS) is 15.5. The van der Waals surface area contributed by atoms with E-state index in [1.54, 1.807) is 45.5 Å². The third-order valence-electron chi connectivity index (χ3n) is 9.77. The van der Waals surface area contributed by atoms with E-state index < -0.39 is 42.3 Å². The number of hydrogen-bond acceptors (Lipinski definition) is 0. The largest absolute Gasteiger partial charge is 0.309 e. The van der Waals surface area contributed by atoms with Crippen LogP contribution in [0.4, 0.5) is 0 Å². The molecule has 0 amide bonds. The van der Waals surface area contributed by atoms with E-state index in [0.29, 0.717) is 38.7 Å². The van der Waals surface area contributed by atoms with Crippen LogP contribution in [-0.4, -0.2) is 13.7 Å². The molecule has 0 bridgehead atoms. The fraction of sp³-hybridized carbons (Fsp3) is 0. The van der Waals surface area contributed by atoms with Gasteiger partial charge in [-0.15, -0.1) is 0 Å². The van der Waals surface area contributed by atoms with E-state index >= 15 is 0 Å². The monoisotopic (exact) mass is 662 g/mol. The molecule has 0 saturated heterocycles. The lowest BCUT2D eigenvalue weighted by Crippen LogP contribution is -1.97. The van der Waals surface area contributed by atoms with Gasteiger partial charge in [0.25, 0.3) is 0 Å². The zero-order chi connectivity index (χ0) is 44.8. The Kier molecular flexibility index (Phi) is 3.87. The highest BCUT2D eigenvalue weighted by Gasteiger charge is 2.21. The fourth-order valence-electron chi connectivity index (χ4n) is 7.67. The number of benzene rings is 8. The van der Waals surface area contributed by atoms with Gasteiger partial charge >= 0.3 is 0 Å². The number of para-hydroxylation sites is 4. The molecule has 8 aromatic carbocycles. The molecule has 0 atom stereocenters. The lowest BCUT2D eigenvalue weighted by molar-refractivity contribution is 1.15. The van der Waals surface area contributed by atoms with Crippen LogP contribution in [-0.2, 0) is 0 Å². The molecule has 0 unspecified atom stereocenters. The number of rotatable bonds is 4. The molecule has 0 N–H and O–H groups in total. The second-order valence-corrected chi connectivity index (χ2v) is 12.4. The summed E-state index contributed by atoms with van der Waals surface area (Å²) in [6, 6.07) is 28.7. The third kappa shape index (κ3) is 4.06. The average molecular weight is 663 g/mol. The molecular weight excluding hydrogens is 619 g/mol. The third-order valence-corrected chi connectivity index (χ3v) is 9.77. The topological polar surface area (TPSA) is 14.8 Å². The van der Waals surface area contributed by atoms with Crippen molar-refractivity contribution in [3.8, 4) is 28.2 Å². The van der Waals surface area contributed by atoms with Gasteiger partial charge in [0, 0.05) is 49.4 Å². The minimum atomic E-state index is -0.511. The summed E-state index contributed by atoms with van der Waals surface area (Å²) in [5, 5.41) is 3.05. The Bertz CT molecular complexity index is 3840. The van der Waals surface area contributed by atoms with E-state index in [1.807, 2.05) is 60.7 Å². The number of nitrogens with zero attached hydrogens (tertiary/aromatic N) is 3. The molecular formula is C48H31N3. The van der Waals surface area contributed by atoms with Crippen molar-refractivity contribution in [2.24, 2.45) is 0 Å². The van der Waals surface area contributed by atoms with Crippen molar-refractivity contribution in [2.75, 3.05) is 0 Å². The minimum Gasteiger partial charge on any atom is -0.309 e. The summed E-state index contributed by atoms with van der Waals surface area (Å²) in [5.74, 6) is 0. The summed E-state index contributed by atoms with van der Waals surface area (Å²) in [5.41, 5.74) is 5.39. The van der Waals surface area contributed by atoms with Gasteiger partial charge in [0.05, 0.1) is 50.9 Å². The van der Waals surface area contributed by atoms with E-state index in [2.05, 4.69) is 16.7 Å². The van der Waals surface area contributed by atoms with Crippen LogP contribution in [0.2, 0.25) is 0 Å². The first-order valence-corrected chi connectivity index (χ1v) is 16.5. The zero-order valence-corrected chi connectivity index (χ0v) is 26.7. The first-order valence-electron chi connectivity index (χ1n) is 23.0. The second-order valence-electron chi connectivity index (χ2n) is 12.4. The highest BCUT2D eigenvalue weighted by atomic mass is 15.0. The molecule has 0 aliphatic carbocycles. The van der Waals surface area contributed by atoms with Crippen molar-refractivity contribution in [1.82, 2.24) is 13.7 Å². The Hall–Kier alpha value is -6.84. The van der Waals surface area contributed by atoms with E-state index in [1.165, 1.54) is 0 Å². The molecule has 0 aliphatic heterocycles. The molecule has 11 aromatic rings. The fourth-order valence-corrected chi connectivity index (χ4v) is 7.67. The lowest BCUT2D eigenvalue weighted by Gasteiger charge is -2.12. The van der Waals surface area contributed by atoms with Crippen LogP contribution in [0.5, 0.6) is 0 Å². The zero-order valence-electron chi connectivity index (χ0n) is 39.7. The quantitative estimate of drug-likeness (QED) is 0.178. The van der Waals surface area contributed by atoms with E-state index in [0.717, 1.165) is 27.5 Å². The van der Waals surface area contributed by atoms with Crippen molar-refractivity contribution in [3.05, 3.63) is 188 Å². The summed E-state index contributed by atoms with van der Waals surface area (Å²) < 4.78 is 120. The standard InChI is InChI=1S/C48H31N3/c1-3-13-32(14-4-1)33-23-25-35(26-24-33)49-42-21-11-8-18-39(42)47-44(49)29-30-45-48(47)40-19-9-12-22-43(40)51(45)36-27-28-38-37-17-7-10-20-41(37)50(46(38)31-36)34-15-5-2-6-16-34/h1-31H/i1D,3D,4D,8D,9D,11D,12D,13D,14D,18D,19D,21D,22D. The van der Waals surface area contributed by atoms with Crippen LogP contribution in [0.15, 0.2) is 188 Å². The lowest BCUT2D eigenvalue weighted by atomic mass is 10.1. The van der Waals surface area contributed by atoms with Gasteiger partial charge in [0.1, 0.15) is 0 Å². The molecule has 3 aromatic heterocycles. The maximum atomic E-state index is 9.41. The first kappa shape index (κ1) is 18.2. The Morgan fingerprint density at radius 2 is 0.843 bits per heavy atom. The molecule has 0 saturated carbocycles. The predicted octanol–water partition coefficient (Wildman–Crippen LogP) is 12.6. The van der Waals surface area contributed by atoms with Crippen LogP contribution in [0.1, 0.15) is 17.8 Å². The van der Waals surface area contributed by atoms with Crippen LogP contribution in [0.3, 0.4) is 0 Å². The minimum absolute atomic E-state index is 0.00710. The Labute approximate surface area is 312 Å². The van der Waals surface area contributed by atoms with Crippen LogP contribution < -0.4 is 0 Å². The maximum Gasteiger partial charge on any atom is 0.0645 e. The molecule has 238 valence electrons. The molecule has 0 spiro atoms. The second kappa shape index (κ2) is 10.8. The predicted molar refractivity (Wildman–Crippen MR) is 215 cm³/mol.